The number of esters is 2. The minimum atomic E-state index is -0.727. The van der Waals surface area contributed by atoms with Crippen molar-refractivity contribution in [2.75, 3.05) is 19.0 Å². The summed E-state index contributed by atoms with van der Waals surface area (Å²) in [6.45, 7) is 2.09. The molecule has 224 valence electrons. The Balaban J connectivity index is 3.74. The molecule has 0 aromatic rings. The third-order valence-corrected chi connectivity index (χ3v) is 7.39. The van der Waals surface area contributed by atoms with Crippen molar-refractivity contribution in [2.24, 2.45) is 0 Å². The van der Waals surface area contributed by atoms with Gasteiger partial charge in [0.1, 0.15) is 13.2 Å². The quantitative estimate of drug-likeness (QED) is 0.0397. The first kappa shape index (κ1) is 37.4. The van der Waals surface area contributed by atoms with Crippen molar-refractivity contribution in [1.82, 2.24) is 0 Å². The highest BCUT2D eigenvalue weighted by Crippen LogP contribution is 2.14. The van der Waals surface area contributed by atoms with E-state index in [1.165, 1.54) is 96.3 Å². The van der Waals surface area contributed by atoms with Crippen LogP contribution in [0.25, 0.3) is 0 Å². The van der Waals surface area contributed by atoms with Crippen LogP contribution >= 0.6 is 21.3 Å². The average molecular weight is 577 g/mol. The summed E-state index contributed by atoms with van der Waals surface area (Å²) in [6.07, 6.45) is 25.3. The van der Waals surface area contributed by atoms with Gasteiger partial charge in [-0.15, -0.1) is 0 Å². The topological polar surface area (TPSA) is 78.9 Å². The maximum absolute atomic E-state index is 12.2. The standard InChI is InChI=1S/C30H57O6PS/c1-2-3-4-5-6-14-18-21-24-30(32)36-28(27-35-37-33)26-34-29(31)23-20-17-15-12-10-8-7-9-11-13-16-19-22-25-38/h28,38H,2-27H2,1H3/t28-/m1/s1. The van der Waals surface area contributed by atoms with Gasteiger partial charge >= 0.3 is 20.6 Å². The Hall–Kier alpha value is -0.650. The first-order valence-electron chi connectivity index (χ1n) is 15.5. The fourth-order valence-corrected chi connectivity index (χ4v) is 4.91. The summed E-state index contributed by atoms with van der Waals surface area (Å²) < 4.78 is 26.2. The lowest BCUT2D eigenvalue weighted by molar-refractivity contribution is -0.160. The largest absolute Gasteiger partial charge is 0.462 e. The van der Waals surface area contributed by atoms with Gasteiger partial charge in [-0.1, -0.05) is 122 Å². The zero-order chi connectivity index (χ0) is 27.9. The van der Waals surface area contributed by atoms with Gasteiger partial charge < -0.3 is 9.47 Å². The number of hydrogen-bond donors (Lipinski definition) is 1. The Bertz CT molecular complexity index is 549. The molecule has 0 saturated carbocycles. The van der Waals surface area contributed by atoms with Crippen molar-refractivity contribution in [2.45, 2.75) is 161 Å². The zero-order valence-corrected chi connectivity index (χ0v) is 26.1. The highest BCUT2D eigenvalue weighted by Gasteiger charge is 2.17. The van der Waals surface area contributed by atoms with E-state index >= 15 is 0 Å². The fraction of sp³-hybridized carbons (Fsp3) is 0.933. The first-order chi connectivity index (χ1) is 18.6. The Morgan fingerprint density at radius 2 is 1.03 bits per heavy atom. The Morgan fingerprint density at radius 3 is 1.47 bits per heavy atom. The van der Waals surface area contributed by atoms with Gasteiger partial charge in [-0.2, -0.15) is 12.6 Å². The van der Waals surface area contributed by atoms with Gasteiger partial charge in [0.15, 0.2) is 6.10 Å². The summed E-state index contributed by atoms with van der Waals surface area (Å²) in [4.78, 5) is 24.2. The van der Waals surface area contributed by atoms with E-state index in [9.17, 15) is 14.2 Å². The molecule has 1 atom stereocenters. The minimum Gasteiger partial charge on any atom is -0.462 e. The molecule has 0 amide bonds. The summed E-state index contributed by atoms with van der Waals surface area (Å²) in [5, 5.41) is 0. The molecule has 0 aliphatic rings. The normalized spacial score (nSPS) is 12.1. The first-order valence-corrected chi connectivity index (χ1v) is 16.9. The molecule has 6 nitrogen and oxygen atoms in total. The second kappa shape index (κ2) is 30.9. The third kappa shape index (κ3) is 28.4. The predicted molar refractivity (Wildman–Crippen MR) is 160 cm³/mol. The highest BCUT2D eigenvalue weighted by atomic mass is 32.1. The van der Waals surface area contributed by atoms with Crippen molar-refractivity contribution in [3.63, 3.8) is 0 Å². The summed E-state index contributed by atoms with van der Waals surface area (Å²) in [5.74, 6) is 0.396. The molecule has 0 aromatic heterocycles. The zero-order valence-electron chi connectivity index (χ0n) is 24.3. The molecule has 0 heterocycles. The molecule has 0 saturated heterocycles. The van der Waals surface area contributed by atoms with E-state index in [0.717, 1.165) is 44.3 Å². The summed E-state index contributed by atoms with van der Waals surface area (Å²) >= 11 is 4.25. The number of hydrogen-bond acceptors (Lipinski definition) is 7. The smallest absolute Gasteiger partial charge is 0.327 e. The second-order valence-electron chi connectivity index (χ2n) is 10.5. The van der Waals surface area contributed by atoms with Gasteiger partial charge in [0.05, 0.1) is 0 Å². The van der Waals surface area contributed by atoms with E-state index in [1.54, 1.807) is 0 Å². The molecule has 0 aliphatic carbocycles. The van der Waals surface area contributed by atoms with Crippen LogP contribution < -0.4 is 0 Å². The summed E-state index contributed by atoms with van der Waals surface area (Å²) in [7, 11) is -0.484. The van der Waals surface area contributed by atoms with Crippen molar-refractivity contribution in [1.29, 1.82) is 0 Å². The van der Waals surface area contributed by atoms with Crippen molar-refractivity contribution < 1.29 is 28.2 Å². The van der Waals surface area contributed by atoms with E-state index in [1.807, 2.05) is 0 Å². The fourth-order valence-electron chi connectivity index (χ4n) is 4.46. The van der Waals surface area contributed by atoms with Crippen molar-refractivity contribution in [3.05, 3.63) is 0 Å². The lowest BCUT2D eigenvalue weighted by Crippen LogP contribution is -2.28. The molecule has 0 aliphatic heterocycles. The highest BCUT2D eigenvalue weighted by molar-refractivity contribution is 7.80. The number of carbonyl (C=O) groups is 2. The lowest BCUT2D eigenvalue weighted by atomic mass is 10.0. The second-order valence-corrected chi connectivity index (χ2v) is 11.3. The van der Waals surface area contributed by atoms with Crippen LogP contribution in [0.5, 0.6) is 0 Å². The predicted octanol–water partition coefficient (Wildman–Crippen LogP) is 9.59. The summed E-state index contributed by atoms with van der Waals surface area (Å²) in [6, 6.07) is 0. The molecule has 0 bridgehead atoms. The van der Waals surface area contributed by atoms with Crippen LogP contribution in [0.4, 0.5) is 0 Å². The van der Waals surface area contributed by atoms with Crippen LogP contribution in [0.1, 0.15) is 155 Å². The molecular weight excluding hydrogens is 519 g/mol. The molecule has 0 N–H and O–H groups in total. The lowest BCUT2D eigenvalue weighted by Gasteiger charge is -2.16. The molecule has 0 aromatic carbocycles. The van der Waals surface area contributed by atoms with Crippen molar-refractivity contribution in [3.8, 4) is 0 Å². The van der Waals surface area contributed by atoms with Crippen LogP contribution in [0.15, 0.2) is 0 Å². The number of rotatable bonds is 30. The molecule has 8 heteroatoms. The Kier molecular flexibility index (Phi) is 30.4. The average Bonchev–Trinajstić information content (AvgIpc) is 2.91. The molecule has 38 heavy (non-hydrogen) atoms. The monoisotopic (exact) mass is 576 g/mol. The van der Waals surface area contributed by atoms with Crippen LogP contribution in [0.3, 0.4) is 0 Å². The van der Waals surface area contributed by atoms with E-state index in [-0.39, 0.29) is 25.2 Å². The van der Waals surface area contributed by atoms with Crippen LogP contribution in [0.2, 0.25) is 0 Å². The van der Waals surface area contributed by atoms with Crippen LogP contribution in [-0.4, -0.2) is 37.0 Å². The van der Waals surface area contributed by atoms with Gasteiger partial charge in [0.25, 0.3) is 0 Å². The van der Waals surface area contributed by atoms with Crippen molar-refractivity contribution >= 4 is 33.3 Å². The molecule has 0 spiro atoms. The maximum atomic E-state index is 12.2. The van der Waals surface area contributed by atoms with Crippen LogP contribution in [-0.2, 0) is 28.2 Å². The Morgan fingerprint density at radius 1 is 0.605 bits per heavy atom. The van der Waals surface area contributed by atoms with Crippen LogP contribution in [0, 0.1) is 0 Å². The number of unbranched alkanes of at least 4 members (excludes halogenated alkanes) is 19. The molecule has 0 unspecified atom stereocenters. The van der Waals surface area contributed by atoms with E-state index < -0.39 is 14.8 Å². The third-order valence-electron chi connectivity index (χ3n) is 6.81. The number of carbonyl (C=O) groups excluding carboxylic acids is 2. The van der Waals surface area contributed by atoms with Gasteiger partial charge in [-0.05, 0) is 25.0 Å². The number of ether oxygens (including phenoxy) is 2. The van der Waals surface area contributed by atoms with Gasteiger partial charge in [0.2, 0.25) is 0 Å². The summed E-state index contributed by atoms with van der Waals surface area (Å²) in [5.41, 5.74) is 0. The molecular formula is C30H57O6PS. The molecule has 0 radical (unpaired) electrons. The van der Waals surface area contributed by atoms with Gasteiger partial charge in [0, 0.05) is 12.8 Å². The molecule has 0 rings (SSSR count). The minimum absolute atomic E-state index is 0.0580. The van der Waals surface area contributed by atoms with E-state index in [4.69, 9.17) is 14.0 Å². The molecule has 0 fully saturated rings. The SMILES string of the molecule is CCCCCCCCCCC(=O)O[C@@H](COP=O)COC(=O)CCCCCCCCCCCCCCCS. The Labute approximate surface area is 240 Å². The number of thiol groups is 1. The maximum Gasteiger partial charge on any atom is 0.327 e. The van der Waals surface area contributed by atoms with Gasteiger partial charge in [-0.25, -0.2) is 4.57 Å². The van der Waals surface area contributed by atoms with E-state index in [0.29, 0.717) is 12.8 Å². The van der Waals surface area contributed by atoms with E-state index in [2.05, 4.69) is 19.6 Å². The van der Waals surface area contributed by atoms with Gasteiger partial charge in [-0.3, -0.25) is 14.1 Å².